The Kier molecular flexibility index (Phi) is 5.52. The van der Waals surface area contributed by atoms with Crippen LogP contribution in [0.2, 0.25) is 0 Å². The van der Waals surface area contributed by atoms with E-state index in [0.29, 0.717) is 6.54 Å². The minimum Gasteiger partial charge on any atom is -0.496 e. The topological polar surface area (TPSA) is 54.7 Å². The van der Waals surface area contributed by atoms with Gasteiger partial charge < -0.3 is 19.4 Å². The van der Waals surface area contributed by atoms with Crippen LogP contribution in [0.3, 0.4) is 0 Å². The summed E-state index contributed by atoms with van der Waals surface area (Å²) < 4.78 is 12.1. The van der Waals surface area contributed by atoms with Crippen molar-refractivity contribution in [1.82, 2.24) is 10.2 Å². The third-order valence-corrected chi connectivity index (χ3v) is 4.92. The lowest BCUT2D eigenvalue weighted by Gasteiger charge is -2.24. The number of nitrogens with zero attached hydrogens (tertiary/aromatic N) is 1. The highest BCUT2D eigenvalue weighted by Crippen LogP contribution is 2.27. The van der Waals surface area contributed by atoms with E-state index >= 15 is 0 Å². The molecule has 5 nitrogen and oxygen atoms in total. The van der Waals surface area contributed by atoms with Gasteiger partial charge in [-0.3, -0.25) is 0 Å². The number of carbonyl (C=O) groups is 1. The van der Waals surface area contributed by atoms with Gasteiger partial charge in [-0.15, -0.1) is 0 Å². The molecule has 0 aliphatic heterocycles. The number of nitrogens with one attached hydrogen (secondary N) is 1. The minimum atomic E-state index is -0.188. The molecular weight excluding hydrogens is 396 g/mol. The molecule has 136 valence electrons. The number of fused-ring (bicyclic) bond motifs is 1. The summed E-state index contributed by atoms with van der Waals surface area (Å²) >= 11 is 3.44. The third-order valence-electron chi connectivity index (χ3n) is 4.43. The predicted octanol–water partition coefficient (Wildman–Crippen LogP) is 5.11. The van der Waals surface area contributed by atoms with E-state index in [2.05, 4.69) is 21.2 Å². The quantitative estimate of drug-likeness (QED) is 0.628. The average Bonchev–Trinajstić information content (AvgIpc) is 3.09. The number of methoxy groups -OCH3 is 1. The number of ether oxygens (including phenoxy) is 1. The summed E-state index contributed by atoms with van der Waals surface area (Å²) in [5.41, 5.74) is 1.72. The number of hydrogen-bond donors (Lipinski definition) is 1. The molecule has 26 heavy (non-hydrogen) atoms. The van der Waals surface area contributed by atoms with Crippen LogP contribution in [0.1, 0.15) is 24.3 Å². The zero-order valence-corrected chi connectivity index (χ0v) is 16.5. The first kappa shape index (κ1) is 18.3. The van der Waals surface area contributed by atoms with Crippen molar-refractivity contribution in [3.05, 3.63) is 64.3 Å². The van der Waals surface area contributed by atoms with E-state index < -0.39 is 0 Å². The zero-order valence-electron chi connectivity index (χ0n) is 15.0. The van der Waals surface area contributed by atoms with Gasteiger partial charge in [0.15, 0.2) is 0 Å². The molecule has 1 heterocycles. The second-order valence-electron chi connectivity index (χ2n) is 6.09. The highest BCUT2D eigenvalue weighted by molar-refractivity contribution is 9.10. The first-order valence-corrected chi connectivity index (χ1v) is 9.10. The van der Waals surface area contributed by atoms with Crippen molar-refractivity contribution in [2.24, 2.45) is 0 Å². The summed E-state index contributed by atoms with van der Waals surface area (Å²) in [5, 5.41) is 3.96. The first-order chi connectivity index (χ1) is 12.5. The van der Waals surface area contributed by atoms with E-state index in [0.717, 1.165) is 32.5 Å². The Bertz CT molecular complexity index is 889. The van der Waals surface area contributed by atoms with Crippen LogP contribution in [0.4, 0.5) is 4.79 Å². The molecule has 1 aromatic heterocycles. The Morgan fingerprint density at radius 2 is 2.04 bits per heavy atom. The lowest BCUT2D eigenvalue weighted by molar-refractivity contribution is 0.187. The van der Waals surface area contributed by atoms with Crippen molar-refractivity contribution in [1.29, 1.82) is 0 Å². The number of benzene rings is 2. The van der Waals surface area contributed by atoms with E-state index in [4.69, 9.17) is 9.15 Å². The molecule has 1 N–H and O–H groups in total. The summed E-state index contributed by atoms with van der Waals surface area (Å²) in [6, 6.07) is 15.1. The lowest BCUT2D eigenvalue weighted by Crippen LogP contribution is -2.38. The van der Waals surface area contributed by atoms with Crippen molar-refractivity contribution < 1.29 is 13.9 Å². The molecule has 6 heteroatoms. The highest BCUT2D eigenvalue weighted by atomic mass is 79.9. The minimum absolute atomic E-state index is 0.181. The molecule has 2 aromatic carbocycles. The number of para-hydroxylation sites is 1. The maximum Gasteiger partial charge on any atom is 0.318 e. The molecule has 0 aliphatic rings. The van der Waals surface area contributed by atoms with E-state index in [1.54, 1.807) is 19.1 Å². The molecule has 1 atom stereocenters. The SMILES string of the molecule is COc1ccc(Br)cc1CNC(=O)N(C)C(C)c1cc2ccccc2o1. The molecule has 0 radical (unpaired) electrons. The molecule has 0 bridgehead atoms. The Labute approximate surface area is 161 Å². The summed E-state index contributed by atoms with van der Waals surface area (Å²) in [5.74, 6) is 1.49. The number of urea groups is 1. The van der Waals surface area contributed by atoms with Gasteiger partial charge in [0.05, 0.1) is 13.2 Å². The third kappa shape index (κ3) is 3.85. The smallest absolute Gasteiger partial charge is 0.318 e. The van der Waals surface area contributed by atoms with Crippen molar-refractivity contribution in [3.8, 4) is 5.75 Å². The molecule has 1 unspecified atom stereocenters. The van der Waals surface area contributed by atoms with Crippen molar-refractivity contribution in [2.75, 3.05) is 14.2 Å². The number of halogens is 1. The standard InChI is InChI=1S/C20H21BrN2O3/c1-13(19-11-14-6-4-5-7-18(14)26-19)23(2)20(24)22-12-15-10-16(21)8-9-17(15)25-3/h4-11,13H,12H2,1-3H3,(H,22,24). The van der Waals surface area contributed by atoms with E-state index in [1.807, 2.05) is 55.5 Å². The van der Waals surface area contributed by atoms with Crippen LogP contribution in [0, 0.1) is 0 Å². The Hall–Kier alpha value is -2.47. The van der Waals surface area contributed by atoms with E-state index in [1.165, 1.54) is 0 Å². The Balaban J connectivity index is 1.68. The molecule has 3 aromatic rings. The van der Waals surface area contributed by atoms with Gasteiger partial charge in [0.1, 0.15) is 17.1 Å². The molecular formula is C20H21BrN2O3. The van der Waals surface area contributed by atoms with Crippen LogP contribution in [-0.2, 0) is 6.54 Å². The van der Waals surface area contributed by atoms with Gasteiger partial charge in [0.25, 0.3) is 0 Å². The Morgan fingerprint density at radius 1 is 1.27 bits per heavy atom. The van der Waals surface area contributed by atoms with Gasteiger partial charge >= 0.3 is 6.03 Å². The molecule has 3 rings (SSSR count). The second kappa shape index (κ2) is 7.83. The van der Waals surface area contributed by atoms with Crippen molar-refractivity contribution in [3.63, 3.8) is 0 Å². The molecule has 0 aliphatic carbocycles. The number of rotatable bonds is 5. The predicted molar refractivity (Wildman–Crippen MR) is 105 cm³/mol. The summed E-state index contributed by atoms with van der Waals surface area (Å²) in [6.07, 6.45) is 0. The monoisotopic (exact) mass is 416 g/mol. The largest absolute Gasteiger partial charge is 0.496 e. The summed E-state index contributed by atoms with van der Waals surface area (Å²) in [7, 11) is 3.37. The van der Waals surface area contributed by atoms with Gasteiger partial charge in [-0.25, -0.2) is 4.79 Å². The molecule has 0 fully saturated rings. The van der Waals surface area contributed by atoms with Crippen LogP contribution in [0.5, 0.6) is 5.75 Å². The van der Waals surface area contributed by atoms with Crippen LogP contribution >= 0.6 is 15.9 Å². The van der Waals surface area contributed by atoms with Crippen LogP contribution in [0.15, 0.2) is 57.4 Å². The van der Waals surface area contributed by atoms with Gasteiger partial charge in [0.2, 0.25) is 0 Å². The summed E-state index contributed by atoms with van der Waals surface area (Å²) in [6.45, 7) is 2.32. The number of furan rings is 1. The second-order valence-corrected chi connectivity index (χ2v) is 7.00. The van der Waals surface area contributed by atoms with Gasteiger partial charge in [-0.1, -0.05) is 34.1 Å². The van der Waals surface area contributed by atoms with Gasteiger partial charge in [0, 0.05) is 29.0 Å². The normalized spacial score (nSPS) is 12.0. The average molecular weight is 417 g/mol. The van der Waals surface area contributed by atoms with Crippen molar-refractivity contribution in [2.45, 2.75) is 19.5 Å². The fourth-order valence-electron chi connectivity index (χ4n) is 2.76. The molecule has 0 saturated heterocycles. The Morgan fingerprint density at radius 3 is 2.77 bits per heavy atom. The zero-order chi connectivity index (χ0) is 18.7. The van der Waals surface area contributed by atoms with Crippen LogP contribution < -0.4 is 10.1 Å². The van der Waals surface area contributed by atoms with Crippen LogP contribution in [-0.4, -0.2) is 25.1 Å². The fraction of sp³-hybridized carbons (Fsp3) is 0.250. The first-order valence-electron chi connectivity index (χ1n) is 8.31. The van der Waals surface area contributed by atoms with Gasteiger partial charge in [-0.05, 0) is 37.3 Å². The number of hydrogen-bond acceptors (Lipinski definition) is 3. The maximum atomic E-state index is 12.6. The molecule has 2 amide bonds. The van der Waals surface area contributed by atoms with Crippen LogP contribution in [0.25, 0.3) is 11.0 Å². The maximum absolute atomic E-state index is 12.6. The number of carbonyl (C=O) groups excluding carboxylic acids is 1. The molecule has 0 saturated carbocycles. The molecule has 0 spiro atoms. The number of amides is 2. The summed E-state index contributed by atoms with van der Waals surface area (Å²) in [4.78, 5) is 14.2. The van der Waals surface area contributed by atoms with Gasteiger partial charge in [-0.2, -0.15) is 0 Å². The fourth-order valence-corrected chi connectivity index (χ4v) is 3.16. The van der Waals surface area contributed by atoms with E-state index in [-0.39, 0.29) is 12.1 Å². The van der Waals surface area contributed by atoms with E-state index in [9.17, 15) is 4.79 Å². The highest BCUT2D eigenvalue weighted by Gasteiger charge is 2.21. The van der Waals surface area contributed by atoms with Crippen molar-refractivity contribution >= 4 is 32.9 Å². The lowest BCUT2D eigenvalue weighted by atomic mass is 10.2.